The van der Waals surface area contributed by atoms with Gasteiger partial charge >= 0.3 is 6.03 Å². The molecule has 6 heteroatoms. The van der Waals surface area contributed by atoms with Crippen LogP contribution < -0.4 is 24.8 Å². The Hall–Kier alpha value is -2.89. The smallest absolute Gasteiger partial charge is 0.315 e. The summed E-state index contributed by atoms with van der Waals surface area (Å²) in [6, 6.07) is 16.7. The number of amides is 2. The molecule has 0 radical (unpaired) electrons. The Bertz CT molecular complexity index is 663. The van der Waals surface area contributed by atoms with Gasteiger partial charge in [-0.1, -0.05) is 30.3 Å². The summed E-state index contributed by atoms with van der Waals surface area (Å²) in [5, 5.41) is 5.51. The van der Waals surface area contributed by atoms with Crippen LogP contribution >= 0.6 is 0 Å². The summed E-state index contributed by atoms with van der Waals surface area (Å²) in [6.07, 6.45) is -0.203. The zero-order chi connectivity index (χ0) is 16.6. The van der Waals surface area contributed by atoms with E-state index in [2.05, 4.69) is 10.6 Å². The van der Waals surface area contributed by atoms with Crippen LogP contribution in [0.1, 0.15) is 0 Å². The molecule has 0 aliphatic carbocycles. The van der Waals surface area contributed by atoms with Gasteiger partial charge in [0.15, 0.2) is 17.6 Å². The highest BCUT2D eigenvalue weighted by Gasteiger charge is 2.20. The van der Waals surface area contributed by atoms with E-state index >= 15 is 0 Å². The third-order valence-electron chi connectivity index (χ3n) is 3.46. The molecule has 3 rings (SSSR count). The van der Waals surface area contributed by atoms with Crippen LogP contribution in [-0.2, 0) is 0 Å². The molecule has 2 N–H and O–H groups in total. The monoisotopic (exact) mass is 328 g/mol. The number of urea groups is 1. The first kappa shape index (κ1) is 16.0. The number of rotatable bonds is 6. The van der Waals surface area contributed by atoms with Crippen LogP contribution in [0.5, 0.6) is 17.2 Å². The molecule has 0 saturated carbocycles. The minimum absolute atomic E-state index is 0.203. The van der Waals surface area contributed by atoms with Gasteiger partial charge in [0.2, 0.25) is 0 Å². The number of nitrogens with one attached hydrogen (secondary N) is 2. The standard InChI is InChI=1S/C18H20N2O4/c21-18(19-10-11-22-14-6-2-1-3-7-14)20-12-15-13-23-16-8-4-5-9-17(16)24-15/h1-9,15H,10-13H2,(H2,19,20,21). The lowest BCUT2D eigenvalue weighted by Gasteiger charge is -2.26. The summed E-state index contributed by atoms with van der Waals surface area (Å²) in [5.74, 6) is 2.22. The minimum Gasteiger partial charge on any atom is -0.492 e. The molecule has 1 atom stereocenters. The molecule has 24 heavy (non-hydrogen) atoms. The molecule has 1 aliphatic rings. The van der Waals surface area contributed by atoms with Gasteiger partial charge in [-0.2, -0.15) is 0 Å². The van der Waals surface area contributed by atoms with Crippen molar-refractivity contribution in [2.45, 2.75) is 6.10 Å². The molecule has 2 aromatic carbocycles. The van der Waals surface area contributed by atoms with E-state index < -0.39 is 0 Å². The van der Waals surface area contributed by atoms with Gasteiger partial charge in [-0.15, -0.1) is 0 Å². The second kappa shape index (κ2) is 8.10. The van der Waals surface area contributed by atoms with Crippen molar-refractivity contribution in [2.24, 2.45) is 0 Å². The third kappa shape index (κ3) is 4.55. The third-order valence-corrected chi connectivity index (χ3v) is 3.46. The van der Waals surface area contributed by atoms with Gasteiger partial charge in [0.25, 0.3) is 0 Å². The van der Waals surface area contributed by atoms with Crippen molar-refractivity contribution in [1.82, 2.24) is 10.6 Å². The molecule has 0 saturated heterocycles. The number of fused-ring (bicyclic) bond motifs is 1. The summed E-state index contributed by atoms with van der Waals surface area (Å²) < 4.78 is 16.9. The number of hydrogen-bond acceptors (Lipinski definition) is 4. The molecule has 126 valence electrons. The number of para-hydroxylation sites is 3. The highest BCUT2D eigenvalue weighted by molar-refractivity contribution is 5.73. The Labute approximate surface area is 140 Å². The average Bonchev–Trinajstić information content (AvgIpc) is 2.64. The first-order valence-corrected chi connectivity index (χ1v) is 7.89. The summed E-state index contributed by atoms with van der Waals surface area (Å²) in [6.45, 7) is 1.62. The zero-order valence-corrected chi connectivity index (χ0v) is 13.2. The molecule has 1 unspecified atom stereocenters. The second-order valence-corrected chi connectivity index (χ2v) is 5.30. The van der Waals surface area contributed by atoms with Gasteiger partial charge in [0.1, 0.15) is 19.0 Å². The molecule has 2 amide bonds. The predicted octanol–water partition coefficient (Wildman–Crippen LogP) is 2.20. The van der Waals surface area contributed by atoms with Crippen LogP contribution in [0.3, 0.4) is 0 Å². The number of benzene rings is 2. The van der Waals surface area contributed by atoms with E-state index in [9.17, 15) is 4.79 Å². The van der Waals surface area contributed by atoms with Crippen molar-refractivity contribution in [2.75, 3.05) is 26.3 Å². The molecule has 0 bridgehead atoms. The van der Waals surface area contributed by atoms with E-state index in [1.54, 1.807) is 0 Å². The molecular weight excluding hydrogens is 308 g/mol. The molecule has 1 aliphatic heterocycles. The van der Waals surface area contributed by atoms with Gasteiger partial charge in [-0.3, -0.25) is 0 Å². The largest absolute Gasteiger partial charge is 0.492 e. The number of hydrogen-bond donors (Lipinski definition) is 2. The molecular formula is C18H20N2O4. The summed E-state index contributed by atoms with van der Waals surface area (Å²) >= 11 is 0. The lowest BCUT2D eigenvalue weighted by atomic mass is 10.2. The average molecular weight is 328 g/mol. The first-order valence-electron chi connectivity index (χ1n) is 7.89. The Morgan fingerprint density at radius 3 is 2.62 bits per heavy atom. The summed E-state index contributed by atoms with van der Waals surface area (Å²) in [5.41, 5.74) is 0. The van der Waals surface area contributed by atoms with Crippen LogP contribution in [0.25, 0.3) is 0 Å². The predicted molar refractivity (Wildman–Crippen MR) is 89.7 cm³/mol. The Kier molecular flexibility index (Phi) is 5.40. The quantitative estimate of drug-likeness (QED) is 0.798. The van der Waals surface area contributed by atoms with E-state index in [-0.39, 0.29) is 12.1 Å². The maximum Gasteiger partial charge on any atom is 0.315 e. The Morgan fingerprint density at radius 1 is 1.04 bits per heavy atom. The van der Waals surface area contributed by atoms with Crippen molar-refractivity contribution < 1.29 is 19.0 Å². The van der Waals surface area contributed by atoms with Gasteiger partial charge in [-0.05, 0) is 24.3 Å². The maximum atomic E-state index is 11.8. The normalized spacial score (nSPS) is 15.4. The van der Waals surface area contributed by atoms with Crippen molar-refractivity contribution in [3.8, 4) is 17.2 Å². The molecule has 0 aromatic heterocycles. The Morgan fingerprint density at radius 2 is 1.79 bits per heavy atom. The summed E-state index contributed by atoms with van der Waals surface area (Å²) in [4.78, 5) is 11.8. The van der Waals surface area contributed by atoms with Gasteiger partial charge < -0.3 is 24.8 Å². The van der Waals surface area contributed by atoms with E-state index in [1.165, 1.54) is 0 Å². The zero-order valence-electron chi connectivity index (χ0n) is 13.2. The fraction of sp³-hybridized carbons (Fsp3) is 0.278. The van der Waals surface area contributed by atoms with Gasteiger partial charge in [-0.25, -0.2) is 4.79 Å². The molecule has 0 fully saturated rings. The topological polar surface area (TPSA) is 68.8 Å². The number of carbonyl (C=O) groups excluding carboxylic acids is 1. The fourth-order valence-corrected chi connectivity index (χ4v) is 2.28. The first-order chi connectivity index (χ1) is 11.8. The van der Waals surface area contributed by atoms with Crippen LogP contribution in [0, 0.1) is 0 Å². The van der Waals surface area contributed by atoms with Crippen molar-refractivity contribution in [3.63, 3.8) is 0 Å². The van der Waals surface area contributed by atoms with Crippen LogP contribution in [-0.4, -0.2) is 38.4 Å². The van der Waals surface area contributed by atoms with Crippen LogP contribution in [0.15, 0.2) is 54.6 Å². The lowest BCUT2D eigenvalue weighted by molar-refractivity contribution is 0.0918. The van der Waals surface area contributed by atoms with Crippen molar-refractivity contribution >= 4 is 6.03 Å². The van der Waals surface area contributed by atoms with E-state index in [0.717, 1.165) is 11.5 Å². The van der Waals surface area contributed by atoms with Crippen LogP contribution in [0.2, 0.25) is 0 Å². The van der Waals surface area contributed by atoms with E-state index in [0.29, 0.717) is 32.1 Å². The van der Waals surface area contributed by atoms with Crippen molar-refractivity contribution in [3.05, 3.63) is 54.6 Å². The second-order valence-electron chi connectivity index (χ2n) is 5.30. The summed E-state index contributed by atoms with van der Waals surface area (Å²) in [7, 11) is 0. The van der Waals surface area contributed by atoms with E-state index in [1.807, 2.05) is 54.6 Å². The maximum absolute atomic E-state index is 11.8. The highest BCUT2D eigenvalue weighted by atomic mass is 16.6. The Balaban J connectivity index is 1.32. The minimum atomic E-state index is -0.255. The fourth-order valence-electron chi connectivity index (χ4n) is 2.28. The SMILES string of the molecule is O=C(NCCOc1ccccc1)NCC1COc2ccccc2O1. The number of ether oxygens (including phenoxy) is 3. The number of carbonyl (C=O) groups is 1. The molecule has 0 spiro atoms. The molecule has 6 nitrogen and oxygen atoms in total. The van der Waals surface area contributed by atoms with Gasteiger partial charge in [0.05, 0.1) is 13.1 Å². The van der Waals surface area contributed by atoms with E-state index in [4.69, 9.17) is 14.2 Å². The van der Waals surface area contributed by atoms with Gasteiger partial charge in [0, 0.05) is 0 Å². The highest BCUT2D eigenvalue weighted by Crippen LogP contribution is 2.30. The lowest BCUT2D eigenvalue weighted by Crippen LogP contribution is -2.45. The van der Waals surface area contributed by atoms with Crippen molar-refractivity contribution in [1.29, 1.82) is 0 Å². The molecule has 1 heterocycles. The van der Waals surface area contributed by atoms with Crippen LogP contribution in [0.4, 0.5) is 4.79 Å². The molecule has 2 aromatic rings.